The Morgan fingerprint density at radius 1 is 1.15 bits per heavy atom. The molecular formula is C16H25N3O. The van der Waals surface area contributed by atoms with Crippen LogP contribution in [0.5, 0.6) is 0 Å². The van der Waals surface area contributed by atoms with E-state index in [0.29, 0.717) is 0 Å². The van der Waals surface area contributed by atoms with Crippen LogP contribution < -0.4 is 10.9 Å². The molecule has 3 heterocycles. The fourth-order valence-electron chi connectivity index (χ4n) is 3.59. The molecule has 0 aliphatic carbocycles. The van der Waals surface area contributed by atoms with Crippen molar-refractivity contribution >= 4 is 0 Å². The number of hydrogen-bond donors (Lipinski definition) is 1. The topological polar surface area (TPSA) is 37.3 Å². The van der Waals surface area contributed by atoms with Crippen molar-refractivity contribution in [1.82, 2.24) is 14.8 Å². The zero-order valence-corrected chi connectivity index (χ0v) is 12.1. The summed E-state index contributed by atoms with van der Waals surface area (Å²) < 4.78 is 1.81. The van der Waals surface area contributed by atoms with Gasteiger partial charge in [-0.3, -0.25) is 4.79 Å². The molecule has 1 unspecified atom stereocenters. The summed E-state index contributed by atoms with van der Waals surface area (Å²) >= 11 is 0. The first-order chi connectivity index (χ1) is 9.83. The second-order valence-electron chi connectivity index (χ2n) is 6.11. The van der Waals surface area contributed by atoms with Crippen molar-refractivity contribution in [3.63, 3.8) is 0 Å². The van der Waals surface area contributed by atoms with Crippen molar-refractivity contribution in [2.24, 2.45) is 5.92 Å². The summed E-state index contributed by atoms with van der Waals surface area (Å²) in [7, 11) is 0. The summed E-state index contributed by atoms with van der Waals surface area (Å²) in [6.45, 7) is 5.39. The lowest BCUT2D eigenvalue weighted by molar-refractivity contribution is 0.159. The monoisotopic (exact) mass is 275 g/mol. The van der Waals surface area contributed by atoms with E-state index >= 15 is 0 Å². The summed E-state index contributed by atoms with van der Waals surface area (Å²) in [5, 5.41) is 3.64. The van der Waals surface area contributed by atoms with Gasteiger partial charge in [0.25, 0.3) is 5.56 Å². The maximum absolute atomic E-state index is 11.7. The summed E-state index contributed by atoms with van der Waals surface area (Å²) in [4.78, 5) is 14.2. The van der Waals surface area contributed by atoms with Gasteiger partial charge in [-0.05, 0) is 57.3 Å². The predicted molar refractivity (Wildman–Crippen MR) is 80.9 cm³/mol. The lowest BCUT2D eigenvalue weighted by Crippen LogP contribution is -2.42. The average Bonchev–Trinajstić information content (AvgIpc) is 3.01. The minimum absolute atomic E-state index is 0.109. The molecule has 1 aromatic rings. The average molecular weight is 275 g/mol. The highest BCUT2D eigenvalue weighted by atomic mass is 16.1. The van der Waals surface area contributed by atoms with Crippen molar-refractivity contribution in [2.45, 2.75) is 38.3 Å². The predicted octanol–water partition coefficient (Wildman–Crippen LogP) is 1.31. The van der Waals surface area contributed by atoms with E-state index in [4.69, 9.17) is 0 Å². The van der Waals surface area contributed by atoms with Gasteiger partial charge in [0.15, 0.2) is 0 Å². The Balaban J connectivity index is 1.44. The Morgan fingerprint density at radius 3 is 2.70 bits per heavy atom. The van der Waals surface area contributed by atoms with Crippen LogP contribution in [0.4, 0.5) is 0 Å². The van der Waals surface area contributed by atoms with Gasteiger partial charge in [-0.25, -0.2) is 0 Å². The van der Waals surface area contributed by atoms with Crippen molar-refractivity contribution in [2.75, 3.05) is 26.2 Å². The molecule has 0 aromatic carbocycles. The van der Waals surface area contributed by atoms with Gasteiger partial charge in [-0.2, -0.15) is 0 Å². The second-order valence-corrected chi connectivity index (χ2v) is 6.11. The van der Waals surface area contributed by atoms with Crippen LogP contribution in [0.15, 0.2) is 29.2 Å². The first-order valence-electron chi connectivity index (χ1n) is 7.94. The molecule has 0 saturated carbocycles. The van der Waals surface area contributed by atoms with E-state index < -0.39 is 0 Å². The van der Waals surface area contributed by atoms with Gasteiger partial charge in [0.2, 0.25) is 0 Å². The second kappa shape index (κ2) is 6.55. The van der Waals surface area contributed by atoms with Crippen LogP contribution in [0.3, 0.4) is 0 Å². The Hall–Kier alpha value is -1.13. The maximum Gasteiger partial charge on any atom is 0.250 e. The fourth-order valence-corrected chi connectivity index (χ4v) is 3.59. The van der Waals surface area contributed by atoms with Crippen LogP contribution in [0.2, 0.25) is 0 Å². The van der Waals surface area contributed by atoms with Gasteiger partial charge < -0.3 is 14.8 Å². The minimum Gasteiger partial charge on any atom is -0.314 e. The Morgan fingerprint density at radius 2 is 2.00 bits per heavy atom. The molecule has 4 heteroatoms. The van der Waals surface area contributed by atoms with Crippen LogP contribution in [0, 0.1) is 5.92 Å². The lowest BCUT2D eigenvalue weighted by atomic mass is 9.88. The molecule has 0 bridgehead atoms. The lowest BCUT2D eigenvalue weighted by Gasteiger charge is -2.34. The quantitative estimate of drug-likeness (QED) is 0.900. The molecular weight excluding hydrogens is 250 g/mol. The van der Waals surface area contributed by atoms with E-state index in [1.54, 1.807) is 12.1 Å². The van der Waals surface area contributed by atoms with E-state index in [1.807, 2.05) is 16.8 Å². The van der Waals surface area contributed by atoms with Gasteiger partial charge in [0.1, 0.15) is 0 Å². The van der Waals surface area contributed by atoms with Crippen LogP contribution in [-0.4, -0.2) is 41.7 Å². The van der Waals surface area contributed by atoms with Crippen molar-refractivity contribution in [3.8, 4) is 0 Å². The third-order valence-electron chi connectivity index (χ3n) is 4.86. The molecule has 110 valence electrons. The summed E-state index contributed by atoms with van der Waals surface area (Å²) in [6, 6.07) is 6.14. The van der Waals surface area contributed by atoms with Crippen LogP contribution >= 0.6 is 0 Å². The normalized spacial score (nSPS) is 25.1. The van der Waals surface area contributed by atoms with E-state index in [2.05, 4.69) is 10.2 Å². The van der Waals surface area contributed by atoms with Crippen LogP contribution in [0.1, 0.15) is 25.7 Å². The first-order valence-corrected chi connectivity index (χ1v) is 7.94. The first kappa shape index (κ1) is 13.8. The Labute approximate surface area is 120 Å². The molecule has 2 fully saturated rings. The van der Waals surface area contributed by atoms with E-state index in [-0.39, 0.29) is 5.56 Å². The summed E-state index contributed by atoms with van der Waals surface area (Å²) in [5.41, 5.74) is 0.109. The highest BCUT2D eigenvalue weighted by molar-refractivity contribution is 4.93. The van der Waals surface area contributed by atoms with E-state index in [1.165, 1.54) is 45.3 Å². The van der Waals surface area contributed by atoms with Gasteiger partial charge in [-0.15, -0.1) is 0 Å². The van der Waals surface area contributed by atoms with Crippen molar-refractivity contribution < 1.29 is 0 Å². The zero-order valence-electron chi connectivity index (χ0n) is 12.1. The van der Waals surface area contributed by atoms with Gasteiger partial charge >= 0.3 is 0 Å². The standard InChI is InChI=1S/C16H25N3O/c20-16-5-1-2-9-19(16)13-12-18-10-6-14(7-11-18)15-4-3-8-17-15/h1-2,5,9,14-15,17H,3-4,6-8,10-13H2. The molecule has 0 radical (unpaired) electrons. The molecule has 2 aliphatic rings. The number of hydrogen-bond acceptors (Lipinski definition) is 3. The van der Waals surface area contributed by atoms with Gasteiger partial charge in [-0.1, -0.05) is 6.07 Å². The summed E-state index contributed by atoms with van der Waals surface area (Å²) in [5.74, 6) is 0.869. The third kappa shape index (κ3) is 3.30. The SMILES string of the molecule is O=c1ccccn1CCN1CCC(C2CCCN2)CC1. The highest BCUT2D eigenvalue weighted by Crippen LogP contribution is 2.25. The zero-order chi connectivity index (χ0) is 13.8. The molecule has 1 N–H and O–H groups in total. The Bertz CT molecular complexity index is 471. The molecule has 1 atom stereocenters. The molecule has 1 aromatic heterocycles. The largest absolute Gasteiger partial charge is 0.314 e. The number of piperidine rings is 1. The molecule has 0 amide bonds. The van der Waals surface area contributed by atoms with Crippen molar-refractivity contribution in [1.29, 1.82) is 0 Å². The number of pyridine rings is 1. The van der Waals surface area contributed by atoms with Crippen LogP contribution in [0.25, 0.3) is 0 Å². The molecule has 4 nitrogen and oxygen atoms in total. The molecule has 2 aliphatic heterocycles. The van der Waals surface area contributed by atoms with E-state index in [9.17, 15) is 4.79 Å². The third-order valence-corrected chi connectivity index (χ3v) is 4.86. The maximum atomic E-state index is 11.7. The summed E-state index contributed by atoms with van der Waals surface area (Å²) in [6.07, 6.45) is 7.21. The van der Waals surface area contributed by atoms with Gasteiger partial charge in [0.05, 0.1) is 0 Å². The van der Waals surface area contributed by atoms with Crippen LogP contribution in [-0.2, 0) is 6.54 Å². The van der Waals surface area contributed by atoms with E-state index in [0.717, 1.165) is 25.0 Å². The number of nitrogens with zero attached hydrogens (tertiary/aromatic N) is 2. The highest BCUT2D eigenvalue weighted by Gasteiger charge is 2.27. The molecule has 2 saturated heterocycles. The Kier molecular flexibility index (Phi) is 4.53. The number of nitrogens with one attached hydrogen (secondary N) is 1. The fraction of sp³-hybridized carbons (Fsp3) is 0.688. The smallest absolute Gasteiger partial charge is 0.250 e. The van der Waals surface area contributed by atoms with Crippen molar-refractivity contribution in [3.05, 3.63) is 34.7 Å². The molecule has 20 heavy (non-hydrogen) atoms. The number of rotatable bonds is 4. The number of likely N-dealkylation sites (tertiary alicyclic amines) is 1. The molecule has 3 rings (SSSR count). The number of aromatic nitrogens is 1. The minimum atomic E-state index is 0.109. The van der Waals surface area contributed by atoms with Gasteiger partial charge in [0, 0.05) is 31.4 Å². The molecule has 0 spiro atoms.